The van der Waals surface area contributed by atoms with E-state index in [4.69, 9.17) is 16.3 Å². The lowest BCUT2D eigenvalue weighted by molar-refractivity contribution is -0.146. The molecule has 0 aromatic heterocycles. The number of carboxylic acids is 1. The largest absolute Gasteiger partial charge is 0.480 e. The van der Waals surface area contributed by atoms with Crippen LogP contribution >= 0.6 is 11.6 Å². The minimum absolute atomic E-state index is 0.379. The van der Waals surface area contributed by atoms with Crippen molar-refractivity contribution in [3.8, 4) is 5.75 Å². The molecular formula is C15H20ClNO4. The smallest absolute Gasteiger partial charge is 0.326 e. The molecule has 1 amide bonds. The highest BCUT2D eigenvalue weighted by Gasteiger charge is 2.34. The fraction of sp³-hybridized carbons (Fsp3) is 0.467. The van der Waals surface area contributed by atoms with Crippen LogP contribution in [0.15, 0.2) is 24.3 Å². The molecule has 0 aliphatic heterocycles. The molecule has 1 aromatic carbocycles. The van der Waals surface area contributed by atoms with Crippen LogP contribution in [0.5, 0.6) is 5.75 Å². The summed E-state index contributed by atoms with van der Waals surface area (Å²) >= 11 is 5.95. The maximum absolute atomic E-state index is 12.1. The van der Waals surface area contributed by atoms with E-state index in [1.807, 2.05) is 0 Å². The molecule has 0 saturated heterocycles. The van der Waals surface area contributed by atoms with E-state index in [2.05, 4.69) is 5.32 Å². The van der Waals surface area contributed by atoms with E-state index in [1.165, 1.54) is 0 Å². The molecule has 0 aliphatic rings. The lowest BCUT2D eigenvalue weighted by Crippen LogP contribution is -2.52. The van der Waals surface area contributed by atoms with Gasteiger partial charge in [0.25, 0.3) is 5.91 Å². The second-order valence-electron chi connectivity index (χ2n) is 5.84. The quantitative estimate of drug-likeness (QED) is 0.876. The van der Waals surface area contributed by atoms with E-state index in [1.54, 1.807) is 52.0 Å². The molecule has 5 nitrogen and oxygen atoms in total. The highest BCUT2D eigenvalue weighted by Crippen LogP contribution is 2.24. The number of nitrogens with one attached hydrogen (secondary N) is 1. The standard InChI is InChI=1S/C15H20ClNO4/c1-9(21-11-8-6-5-7-10(11)16)13(18)17-12(14(19)20)15(2,3)4/h5-9,12H,1-4H3,(H,17,18)(H,19,20)/t9?,12-/m0/s1. The molecule has 2 N–H and O–H groups in total. The number of carbonyl (C=O) groups is 2. The van der Waals surface area contributed by atoms with Gasteiger partial charge >= 0.3 is 5.97 Å². The number of para-hydroxylation sites is 1. The third-order valence-electron chi connectivity index (χ3n) is 2.91. The molecule has 1 rings (SSSR count). The van der Waals surface area contributed by atoms with Crippen LogP contribution in [0.2, 0.25) is 5.02 Å². The summed E-state index contributed by atoms with van der Waals surface area (Å²) in [5.41, 5.74) is -0.606. The Morgan fingerprint density at radius 2 is 1.86 bits per heavy atom. The average Bonchev–Trinajstić information content (AvgIpc) is 2.36. The zero-order valence-corrected chi connectivity index (χ0v) is 13.3. The van der Waals surface area contributed by atoms with Gasteiger partial charge in [-0.05, 0) is 24.5 Å². The number of halogens is 1. The fourth-order valence-corrected chi connectivity index (χ4v) is 1.87. The van der Waals surface area contributed by atoms with Gasteiger partial charge in [0.2, 0.25) is 0 Å². The van der Waals surface area contributed by atoms with E-state index in [0.29, 0.717) is 10.8 Å². The molecule has 6 heteroatoms. The Balaban J connectivity index is 2.75. The molecule has 116 valence electrons. The molecule has 2 atom stereocenters. The molecule has 0 radical (unpaired) electrons. The molecule has 21 heavy (non-hydrogen) atoms. The van der Waals surface area contributed by atoms with Crippen LogP contribution in [0, 0.1) is 5.41 Å². The molecule has 0 saturated carbocycles. The van der Waals surface area contributed by atoms with Crippen molar-refractivity contribution in [3.63, 3.8) is 0 Å². The number of hydrogen-bond donors (Lipinski definition) is 2. The van der Waals surface area contributed by atoms with Crippen molar-refractivity contribution in [2.24, 2.45) is 5.41 Å². The minimum atomic E-state index is -1.08. The minimum Gasteiger partial charge on any atom is -0.480 e. The summed E-state index contributed by atoms with van der Waals surface area (Å²) in [7, 11) is 0. The normalized spacial score (nSPS) is 14.1. The summed E-state index contributed by atoms with van der Waals surface area (Å²) in [6.45, 7) is 6.77. The predicted octanol–water partition coefficient (Wildman–Crippen LogP) is 2.72. The number of rotatable bonds is 5. The Labute approximate surface area is 129 Å². The number of amides is 1. The predicted molar refractivity (Wildman–Crippen MR) is 80.6 cm³/mol. The van der Waals surface area contributed by atoms with Crippen LogP contribution < -0.4 is 10.1 Å². The Bertz CT molecular complexity index is 525. The van der Waals surface area contributed by atoms with E-state index < -0.39 is 29.4 Å². The number of carboxylic acid groups (broad SMARTS) is 1. The first-order valence-corrected chi connectivity index (χ1v) is 6.95. The van der Waals surface area contributed by atoms with Gasteiger partial charge in [-0.3, -0.25) is 4.79 Å². The van der Waals surface area contributed by atoms with Crippen molar-refractivity contribution >= 4 is 23.5 Å². The van der Waals surface area contributed by atoms with Crippen molar-refractivity contribution in [1.29, 1.82) is 0 Å². The number of hydrogen-bond acceptors (Lipinski definition) is 3. The monoisotopic (exact) mass is 313 g/mol. The lowest BCUT2D eigenvalue weighted by Gasteiger charge is -2.28. The van der Waals surface area contributed by atoms with Gasteiger partial charge in [-0.15, -0.1) is 0 Å². The summed E-state index contributed by atoms with van der Waals surface area (Å²) in [6.07, 6.45) is -0.853. The Kier molecular flexibility index (Phi) is 5.61. The first kappa shape index (κ1) is 17.3. The van der Waals surface area contributed by atoms with Crippen molar-refractivity contribution in [1.82, 2.24) is 5.32 Å². The number of benzene rings is 1. The van der Waals surface area contributed by atoms with Gasteiger partial charge < -0.3 is 15.2 Å². The van der Waals surface area contributed by atoms with Gasteiger partial charge in [-0.2, -0.15) is 0 Å². The SMILES string of the molecule is CC(Oc1ccccc1Cl)C(=O)N[C@@H](C(=O)O)C(C)(C)C. The molecule has 0 spiro atoms. The zero-order valence-electron chi connectivity index (χ0n) is 12.5. The van der Waals surface area contributed by atoms with Crippen molar-refractivity contribution in [2.45, 2.75) is 39.8 Å². The second-order valence-corrected chi connectivity index (χ2v) is 6.24. The van der Waals surface area contributed by atoms with Crippen LogP contribution in [0.1, 0.15) is 27.7 Å². The third-order valence-corrected chi connectivity index (χ3v) is 3.22. The molecular weight excluding hydrogens is 294 g/mol. The van der Waals surface area contributed by atoms with Crippen LogP contribution in [0.4, 0.5) is 0 Å². The molecule has 1 unspecified atom stereocenters. The number of carbonyl (C=O) groups excluding carboxylic acids is 1. The molecule has 0 bridgehead atoms. The van der Waals surface area contributed by atoms with Crippen LogP contribution in [0.3, 0.4) is 0 Å². The third kappa shape index (κ3) is 4.93. The Hall–Kier alpha value is -1.75. The van der Waals surface area contributed by atoms with Crippen LogP contribution in [-0.4, -0.2) is 29.1 Å². The summed E-state index contributed by atoms with van der Waals surface area (Å²) in [5, 5.41) is 12.1. The van der Waals surface area contributed by atoms with Gasteiger partial charge in [-0.25, -0.2) is 4.79 Å². The van der Waals surface area contributed by atoms with Crippen molar-refractivity contribution in [2.75, 3.05) is 0 Å². The van der Waals surface area contributed by atoms with E-state index in [-0.39, 0.29) is 0 Å². The Morgan fingerprint density at radius 3 is 2.33 bits per heavy atom. The highest BCUT2D eigenvalue weighted by atomic mass is 35.5. The van der Waals surface area contributed by atoms with Crippen LogP contribution in [-0.2, 0) is 9.59 Å². The summed E-state index contributed by atoms with van der Waals surface area (Å²) < 4.78 is 5.46. The van der Waals surface area contributed by atoms with E-state index >= 15 is 0 Å². The van der Waals surface area contributed by atoms with Gasteiger partial charge in [0.05, 0.1) is 5.02 Å². The summed E-state index contributed by atoms with van der Waals surface area (Å²) in [4.78, 5) is 23.3. The van der Waals surface area contributed by atoms with E-state index in [9.17, 15) is 14.7 Å². The van der Waals surface area contributed by atoms with Crippen molar-refractivity contribution < 1.29 is 19.4 Å². The molecule has 0 aliphatic carbocycles. The van der Waals surface area contributed by atoms with Gasteiger partial charge in [0.1, 0.15) is 11.8 Å². The molecule has 0 fully saturated rings. The summed E-state index contributed by atoms with van der Waals surface area (Å²) in [5.74, 6) is -1.21. The molecule has 0 heterocycles. The maximum atomic E-state index is 12.1. The number of aliphatic carboxylic acids is 1. The molecule has 1 aromatic rings. The van der Waals surface area contributed by atoms with Gasteiger partial charge in [0, 0.05) is 0 Å². The second kappa shape index (κ2) is 6.80. The van der Waals surface area contributed by atoms with Crippen LogP contribution in [0.25, 0.3) is 0 Å². The van der Waals surface area contributed by atoms with Crippen molar-refractivity contribution in [3.05, 3.63) is 29.3 Å². The Morgan fingerprint density at radius 1 is 1.29 bits per heavy atom. The number of ether oxygens (including phenoxy) is 1. The first-order valence-electron chi connectivity index (χ1n) is 6.57. The fourth-order valence-electron chi connectivity index (χ4n) is 1.69. The van der Waals surface area contributed by atoms with Gasteiger partial charge in [0.15, 0.2) is 6.10 Å². The average molecular weight is 314 g/mol. The topological polar surface area (TPSA) is 75.6 Å². The summed E-state index contributed by atoms with van der Waals surface area (Å²) in [6, 6.07) is 5.78. The maximum Gasteiger partial charge on any atom is 0.326 e. The van der Waals surface area contributed by atoms with E-state index in [0.717, 1.165) is 0 Å². The van der Waals surface area contributed by atoms with Gasteiger partial charge in [-0.1, -0.05) is 44.5 Å². The first-order chi connectivity index (χ1) is 9.62. The zero-order chi connectivity index (χ0) is 16.2. The highest BCUT2D eigenvalue weighted by molar-refractivity contribution is 6.32. The lowest BCUT2D eigenvalue weighted by atomic mass is 9.86.